The Kier molecular flexibility index (Phi) is 2.65. The Balaban J connectivity index is 2.81. The summed E-state index contributed by atoms with van der Waals surface area (Å²) in [5, 5.41) is 3.06. The number of anilines is 1. The van der Waals surface area contributed by atoms with Gasteiger partial charge in [-0.3, -0.25) is 0 Å². The van der Waals surface area contributed by atoms with E-state index in [0.717, 1.165) is 0 Å². The first-order valence-corrected chi connectivity index (χ1v) is 3.78. The van der Waals surface area contributed by atoms with Crippen molar-refractivity contribution >= 4 is 5.95 Å². The van der Waals surface area contributed by atoms with Crippen molar-refractivity contribution in [2.45, 2.75) is 19.9 Å². The highest BCUT2D eigenvalue weighted by Crippen LogP contribution is 2.00. The number of aromatic nitrogens is 2. The van der Waals surface area contributed by atoms with Gasteiger partial charge in [-0.25, -0.2) is 9.97 Å². The van der Waals surface area contributed by atoms with Gasteiger partial charge in [-0.05, 0) is 19.9 Å². The summed E-state index contributed by atoms with van der Waals surface area (Å²) in [5.41, 5.74) is 0.605. The lowest BCUT2D eigenvalue weighted by Gasteiger charge is -2.06. The molecule has 12 heavy (non-hydrogen) atoms. The monoisotopic (exact) mass is 161 g/mol. The molecule has 0 spiro atoms. The molecule has 0 aliphatic heterocycles. The van der Waals surface area contributed by atoms with E-state index in [-0.39, 0.29) is 0 Å². The third kappa shape index (κ3) is 2.24. The normalized spacial score (nSPS) is 9.50. The molecule has 1 aromatic rings. The van der Waals surface area contributed by atoms with Gasteiger partial charge in [0.15, 0.2) is 0 Å². The van der Waals surface area contributed by atoms with Gasteiger partial charge in [-0.15, -0.1) is 6.42 Å². The number of rotatable bonds is 2. The van der Waals surface area contributed by atoms with E-state index in [1.165, 1.54) is 0 Å². The topological polar surface area (TPSA) is 37.8 Å². The van der Waals surface area contributed by atoms with Gasteiger partial charge in [0, 0.05) is 12.2 Å². The molecule has 1 N–H and O–H groups in total. The largest absolute Gasteiger partial charge is 0.352 e. The fourth-order valence-electron chi connectivity index (χ4n) is 0.767. The summed E-state index contributed by atoms with van der Waals surface area (Å²) in [6.45, 7) is 4.04. The molecule has 0 bridgehead atoms. The summed E-state index contributed by atoms with van der Waals surface area (Å²) in [7, 11) is 0. The molecule has 1 aromatic heterocycles. The van der Waals surface area contributed by atoms with Crippen LogP contribution < -0.4 is 5.32 Å². The average molecular weight is 161 g/mol. The Morgan fingerprint density at radius 3 is 2.92 bits per heavy atom. The lowest BCUT2D eigenvalue weighted by Crippen LogP contribution is -2.12. The molecule has 1 rings (SSSR count). The second kappa shape index (κ2) is 3.72. The minimum Gasteiger partial charge on any atom is -0.352 e. The van der Waals surface area contributed by atoms with Gasteiger partial charge in [0.05, 0.1) is 0 Å². The molecular weight excluding hydrogens is 150 g/mol. The zero-order chi connectivity index (χ0) is 8.97. The van der Waals surface area contributed by atoms with Gasteiger partial charge < -0.3 is 5.32 Å². The first-order valence-electron chi connectivity index (χ1n) is 3.78. The first kappa shape index (κ1) is 8.54. The van der Waals surface area contributed by atoms with Gasteiger partial charge in [0.25, 0.3) is 0 Å². The minimum atomic E-state index is 0.318. The summed E-state index contributed by atoms with van der Waals surface area (Å²) < 4.78 is 0. The molecule has 0 aliphatic rings. The van der Waals surface area contributed by atoms with Crippen LogP contribution in [0.2, 0.25) is 0 Å². The lowest BCUT2D eigenvalue weighted by atomic mass is 10.4. The van der Waals surface area contributed by atoms with E-state index in [1.54, 1.807) is 12.3 Å². The number of hydrogen-bond donors (Lipinski definition) is 1. The maximum atomic E-state index is 5.18. The van der Waals surface area contributed by atoms with Crippen molar-refractivity contribution in [3.8, 4) is 12.3 Å². The van der Waals surface area contributed by atoms with Gasteiger partial charge in [-0.1, -0.05) is 5.92 Å². The van der Waals surface area contributed by atoms with Crippen LogP contribution in [-0.4, -0.2) is 16.0 Å². The zero-order valence-corrected chi connectivity index (χ0v) is 7.20. The van der Waals surface area contributed by atoms with Crippen LogP contribution in [0, 0.1) is 12.3 Å². The summed E-state index contributed by atoms with van der Waals surface area (Å²) in [6.07, 6.45) is 6.83. The van der Waals surface area contributed by atoms with Crippen LogP contribution in [0.4, 0.5) is 5.95 Å². The van der Waals surface area contributed by atoms with E-state index in [0.29, 0.717) is 17.7 Å². The van der Waals surface area contributed by atoms with E-state index in [9.17, 15) is 0 Å². The second-order valence-corrected chi connectivity index (χ2v) is 2.71. The lowest BCUT2D eigenvalue weighted by molar-refractivity contribution is 0.873. The summed E-state index contributed by atoms with van der Waals surface area (Å²) >= 11 is 0. The molecule has 3 nitrogen and oxygen atoms in total. The third-order valence-corrected chi connectivity index (χ3v) is 1.22. The molecular formula is C9H11N3. The smallest absolute Gasteiger partial charge is 0.224 e. The van der Waals surface area contributed by atoms with Gasteiger partial charge in [-0.2, -0.15) is 0 Å². The molecule has 0 amide bonds. The van der Waals surface area contributed by atoms with E-state index in [2.05, 4.69) is 21.2 Å². The molecule has 0 unspecified atom stereocenters. The van der Waals surface area contributed by atoms with Crippen molar-refractivity contribution in [3.05, 3.63) is 18.0 Å². The molecule has 0 atom stereocenters. The number of nitrogens with one attached hydrogen (secondary N) is 1. The Morgan fingerprint density at radius 2 is 2.33 bits per heavy atom. The Hall–Kier alpha value is -1.56. The molecule has 0 saturated carbocycles. The third-order valence-electron chi connectivity index (χ3n) is 1.22. The Morgan fingerprint density at radius 1 is 1.58 bits per heavy atom. The predicted molar refractivity (Wildman–Crippen MR) is 48.7 cm³/mol. The molecule has 62 valence electrons. The van der Waals surface area contributed by atoms with Gasteiger partial charge in [0.1, 0.15) is 5.69 Å². The van der Waals surface area contributed by atoms with Gasteiger partial charge in [0.2, 0.25) is 5.95 Å². The van der Waals surface area contributed by atoms with Crippen LogP contribution in [0.15, 0.2) is 12.3 Å². The molecule has 0 fully saturated rings. The van der Waals surface area contributed by atoms with E-state index >= 15 is 0 Å². The number of terminal acetylenes is 1. The van der Waals surface area contributed by atoms with Crippen molar-refractivity contribution in [1.29, 1.82) is 0 Å². The van der Waals surface area contributed by atoms with Crippen molar-refractivity contribution in [1.82, 2.24) is 9.97 Å². The fraction of sp³-hybridized carbons (Fsp3) is 0.333. The summed E-state index contributed by atoms with van der Waals surface area (Å²) in [4.78, 5) is 8.08. The van der Waals surface area contributed by atoms with Crippen LogP contribution in [0.1, 0.15) is 19.5 Å². The Bertz CT molecular complexity index is 299. The van der Waals surface area contributed by atoms with Crippen molar-refractivity contribution in [2.24, 2.45) is 0 Å². The molecule has 3 heteroatoms. The molecule has 0 saturated heterocycles. The summed E-state index contributed by atoms with van der Waals surface area (Å²) in [5.74, 6) is 3.03. The van der Waals surface area contributed by atoms with Crippen molar-refractivity contribution in [2.75, 3.05) is 5.32 Å². The van der Waals surface area contributed by atoms with Crippen LogP contribution in [0.3, 0.4) is 0 Å². The SMILES string of the molecule is C#Cc1ccnc(NC(C)C)n1. The molecule has 1 heterocycles. The quantitative estimate of drug-likeness (QED) is 0.664. The molecule has 0 radical (unpaired) electrons. The summed E-state index contributed by atoms with van der Waals surface area (Å²) in [6, 6.07) is 2.02. The van der Waals surface area contributed by atoms with E-state index < -0.39 is 0 Å². The Labute approximate surface area is 72.2 Å². The highest BCUT2D eigenvalue weighted by atomic mass is 15.1. The standard InChI is InChI=1S/C9H11N3/c1-4-8-5-6-10-9(12-8)11-7(2)3/h1,5-7H,2-3H3,(H,10,11,12). The van der Waals surface area contributed by atoms with Crippen LogP contribution in [0.5, 0.6) is 0 Å². The highest BCUT2D eigenvalue weighted by molar-refractivity contribution is 5.32. The van der Waals surface area contributed by atoms with Crippen molar-refractivity contribution in [3.63, 3.8) is 0 Å². The first-order chi connectivity index (χ1) is 5.72. The maximum absolute atomic E-state index is 5.18. The van der Waals surface area contributed by atoms with E-state index in [1.807, 2.05) is 13.8 Å². The van der Waals surface area contributed by atoms with Crippen LogP contribution >= 0.6 is 0 Å². The maximum Gasteiger partial charge on any atom is 0.224 e. The van der Waals surface area contributed by atoms with E-state index in [4.69, 9.17) is 6.42 Å². The van der Waals surface area contributed by atoms with Crippen molar-refractivity contribution < 1.29 is 0 Å². The highest BCUT2D eigenvalue weighted by Gasteiger charge is 1.97. The second-order valence-electron chi connectivity index (χ2n) is 2.71. The van der Waals surface area contributed by atoms with Gasteiger partial charge >= 0.3 is 0 Å². The van der Waals surface area contributed by atoms with Crippen LogP contribution in [0.25, 0.3) is 0 Å². The fourth-order valence-corrected chi connectivity index (χ4v) is 0.767. The zero-order valence-electron chi connectivity index (χ0n) is 7.20. The number of nitrogens with zero attached hydrogens (tertiary/aromatic N) is 2. The predicted octanol–water partition coefficient (Wildman–Crippen LogP) is 1.28. The number of hydrogen-bond acceptors (Lipinski definition) is 3. The molecule has 0 aliphatic carbocycles. The molecule has 0 aromatic carbocycles. The average Bonchev–Trinajstić information content (AvgIpc) is 2.03. The minimum absolute atomic E-state index is 0.318. The van der Waals surface area contributed by atoms with Crippen LogP contribution in [-0.2, 0) is 0 Å².